The number of ketones is 1. The van der Waals surface area contributed by atoms with Gasteiger partial charge in [-0.1, -0.05) is 0 Å². The zero-order chi connectivity index (χ0) is 11.5. The molecule has 0 spiro atoms. The van der Waals surface area contributed by atoms with E-state index < -0.39 is 0 Å². The van der Waals surface area contributed by atoms with Gasteiger partial charge in [0.05, 0.1) is 7.11 Å². The van der Waals surface area contributed by atoms with Gasteiger partial charge >= 0.3 is 5.97 Å². The Morgan fingerprint density at radius 2 is 2.12 bits per heavy atom. The van der Waals surface area contributed by atoms with E-state index in [-0.39, 0.29) is 5.97 Å². The summed E-state index contributed by atoms with van der Waals surface area (Å²) in [5.41, 5.74) is 1.18. The van der Waals surface area contributed by atoms with Crippen LogP contribution in [0.4, 0.5) is 0 Å². The van der Waals surface area contributed by atoms with Crippen LogP contribution in [0.2, 0.25) is 0 Å². The van der Waals surface area contributed by atoms with Crippen molar-refractivity contribution in [2.75, 3.05) is 7.11 Å². The largest absolute Gasteiger partial charge is 0.465 e. The highest BCUT2D eigenvalue weighted by Gasteiger charge is 2.22. The molecule has 3 nitrogen and oxygen atoms in total. The van der Waals surface area contributed by atoms with Crippen molar-refractivity contribution < 1.29 is 14.3 Å². The fourth-order valence-corrected chi connectivity index (χ4v) is 2.95. The fraction of sp³-hybridized carbons (Fsp3) is 0.500. The number of methoxy groups -OCH3 is 1. The lowest BCUT2D eigenvalue weighted by molar-refractivity contribution is -0.120. The second-order valence-corrected chi connectivity index (χ2v) is 4.96. The van der Waals surface area contributed by atoms with E-state index in [1.807, 2.05) is 11.4 Å². The third kappa shape index (κ3) is 2.32. The molecule has 1 aromatic rings. The number of Topliss-reactive ketones (excluding diaryl/α,β-unsaturated/α-hetero) is 1. The van der Waals surface area contributed by atoms with E-state index in [1.54, 1.807) is 0 Å². The van der Waals surface area contributed by atoms with Crippen LogP contribution in [0.5, 0.6) is 0 Å². The molecule has 1 aliphatic rings. The number of rotatable bonds is 2. The first-order valence-corrected chi connectivity index (χ1v) is 6.27. The summed E-state index contributed by atoms with van der Waals surface area (Å²) >= 11 is 1.42. The summed E-state index contributed by atoms with van der Waals surface area (Å²) < 4.78 is 4.67. The van der Waals surface area contributed by atoms with Gasteiger partial charge in [0.2, 0.25) is 0 Å². The minimum absolute atomic E-state index is 0.275. The second kappa shape index (κ2) is 4.78. The molecule has 1 fully saturated rings. The molecule has 0 radical (unpaired) electrons. The molecule has 16 heavy (non-hydrogen) atoms. The summed E-state index contributed by atoms with van der Waals surface area (Å²) in [6.07, 6.45) is 3.18. The topological polar surface area (TPSA) is 43.4 Å². The lowest BCUT2D eigenvalue weighted by Crippen LogP contribution is -2.11. The number of ether oxygens (including phenoxy) is 1. The van der Waals surface area contributed by atoms with E-state index in [2.05, 4.69) is 4.74 Å². The van der Waals surface area contributed by atoms with Gasteiger partial charge in [-0.2, -0.15) is 0 Å². The molecule has 1 aliphatic carbocycles. The van der Waals surface area contributed by atoms with Crippen molar-refractivity contribution in [3.8, 4) is 0 Å². The molecule has 1 aromatic heterocycles. The van der Waals surface area contributed by atoms with E-state index in [0.29, 0.717) is 29.4 Å². The molecule has 0 unspecified atom stereocenters. The monoisotopic (exact) mass is 238 g/mol. The molecule has 86 valence electrons. The van der Waals surface area contributed by atoms with Crippen LogP contribution in [0, 0.1) is 0 Å². The average Bonchev–Trinajstić information content (AvgIpc) is 2.78. The van der Waals surface area contributed by atoms with Crippen LogP contribution in [-0.4, -0.2) is 18.9 Å². The van der Waals surface area contributed by atoms with Crippen molar-refractivity contribution in [1.29, 1.82) is 0 Å². The first-order valence-electron chi connectivity index (χ1n) is 5.39. The minimum atomic E-state index is -0.275. The van der Waals surface area contributed by atoms with Crippen molar-refractivity contribution in [3.63, 3.8) is 0 Å². The second-order valence-electron chi connectivity index (χ2n) is 4.05. The summed E-state index contributed by atoms with van der Waals surface area (Å²) in [4.78, 5) is 23.1. The van der Waals surface area contributed by atoms with E-state index in [4.69, 9.17) is 0 Å². The van der Waals surface area contributed by atoms with Gasteiger partial charge < -0.3 is 4.74 Å². The maximum absolute atomic E-state index is 11.3. The van der Waals surface area contributed by atoms with Gasteiger partial charge in [-0.3, -0.25) is 4.79 Å². The number of carbonyl (C=O) groups is 2. The van der Waals surface area contributed by atoms with Gasteiger partial charge in [0, 0.05) is 12.8 Å². The Hall–Kier alpha value is -1.16. The van der Waals surface area contributed by atoms with Crippen LogP contribution in [-0.2, 0) is 9.53 Å². The van der Waals surface area contributed by atoms with Crippen LogP contribution in [0.1, 0.15) is 46.8 Å². The molecule has 0 N–H and O–H groups in total. The van der Waals surface area contributed by atoms with E-state index >= 15 is 0 Å². The summed E-state index contributed by atoms with van der Waals surface area (Å²) in [5.74, 6) is 0.523. The summed E-state index contributed by atoms with van der Waals surface area (Å²) in [6.45, 7) is 0. The maximum Gasteiger partial charge on any atom is 0.348 e. The smallest absolute Gasteiger partial charge is 0.348 e. The molecule has 1 saturated carbocycles. The SMILES string of the molecule is COC(=O)c1cc(C2CCC(=O)CC2)cs1. The summed E-state index contributed by atoms with van der Waals surface area (Å²) in [6, 6.07) is 1.90. The Morgan fingerprint density at radius 1 is 1.44 bits per heavy atom. The molecule has 0 amide bonds. The van der Waals surface area contributed by atoms with Crippen molar-refractivity contribution in [2.45, 2.75) is 31.6 Å². The predicted molar refractivity (Wildman–Crippen MR) is 61.9 cm³/mol. The Balaban J connectivity index is 2.07. The van der Waals surface area contributed by atoms with Gasteiger partial charge in [-0.15, -0.1) is 11.3 Å². The van der Waals surface area contributed by atoms with Crippen molar-refractivity contribution in [1.82, 2.24) is 0 Å². The highest BCUT2D eigenvalue weighted by Crippen LogP contribution is 2.33. The summed E-state index contributed by atoms with van der Waals surface area (Å²) in [7, 11) is 1.39. The number of esters is 1. The zero-order valence-electron chi connectivity index (χ0n) is 9.19. The van der Waals surface area contributed by atoms with Crippen molar-refractivity contribution in [2.24, 2.45) is 0 Å². The van der Waals surface area contributed by atoms with E-state index in [0.717, 1.165) is 12.8 Å². The van der Waals surface area contributed by atoms with Gasteiger partial charge in [-0.05, 0) is 35.8 Å². The van der Waals surface area contributed by atoms with Gasteiger partial charge in [0.15, 0.2) is 0 Å². The molecular weight excluding hydrogens is 224 g/mol. The maximum atomic E-state index is 11.3. The van der Waals surface area contributed by atoms with Gasteiger partial charge in [-0.25, -0.2) is 4.79 Å². The van der Waals surface area contributed by atoms with Gasteiger partial charge in [0.1, 0.15) is 10.7 Å². The number of thiophene rings is 1. The van der Waals surface area contributed by atoms with Crippen LogP contribution < -0.4 is 0 Å². The van der Waals surface area contributed by atoms with Crippen molar-refractivity contribution >= 4 is 23.1 Å². The van der Waals surface area contributed by atoms with Crippen LogP contribution in [0.15, 0.2) is 11.4 Å². The molecule has 1 heterocycles. The summed E-state index contributed by atoms with van der Waals surface area (Å²) in [5, 5.41) is 2.01. The predicted octanol–water partition coefficient (Wildman–Crippen LogP) is 2.76. The molecule has 0 saturated heterocycles. The third-order valence-electron chi connectivity index (χ3n) is 3.02. The molecule has 4 heteroatoms. The molecule has 0 bridgehead atoms. The first kappa shape index (κ1) is 11.3. The van der Waals surface area contributed by atoms with Crippen LogP contribution in [0.3, 0.4) is 0 Å². The Bertz CT molecular complexity index is 398. The van der Waals surface area contributed by atoms with Crippen molar-refractivity contribution in [3.05, 3.63) is 21.9 Å². The number of hydrogen-bond acceptors (Lipinski definition) is 4. The fourth-order valence-electron chi connectivity index (χ4n) is 2.05. The quantitative estimate of drug-likeness (QED) is 0.744. The standard InChI is InChI=1S/C12H14O3S/c1-15-12(14)11-6-9(7-16-11)8-2-4-10(13)5-3-8/h6-8H,2-5H2,1H3. The normalized spacial score (nSPS) is 17.4. The lowest BCUT2D eigenvalue weighted by atomic mass is 9.84. The number of carbonyl (C=O) groups excluding carboxylic acids is 2. The highest BCUT2D eigenvalue weighted by molar-refractivity contribution is 7.12. The highest BCUT2D eigenvalue weighted by atomic mass is 32.1. The van der Waals surface area contributed by atoms with E-state index in [1.165, 1.54) is 24.0 Å². The van der Waals surface area contributed by atoms with Crippen LogP contribution in [0.25, 0.3) is 0 Å². The molecular formula is C12H14O3S. The minimum Gasteiger partial charge on any atom is -0.465 e. The van der Waals surface area contributed by atoms with Crippen LogP contribution >= 0.6 is 11.3 Å². The Labute approximate surface area is 98.4 Å². The van der Waals surface area contributed by atoms with E-state index in [9.17, 15) is 9.59 Å². The molecule has 0 atom stereocenters. The lowest BCUT2D eigenvalue weighted by Gasteiger charge is -2.19. The molecule has 0 aromatic carbocycles. The van der Waals surface area contributed by atoms with Gasteiger partial charge in [0.25, 0.3) is 0 Å². The Kier molecular flexibility index (Phi) is 3.39. The molecule has 2 rings (SSSR count). The molecule has 0 aliphatic heterocycles. The zero-order valence-corrected chi connectivity index (χ0v) is 10.0. The first-order chi connectivity index (χ1) is 7.70. The average molecular weight is 238 g/mol. The third-order valence-corrected chi connectivity index (χ3v) is 3.95. The Morgan fingerprint density at radius 3 is 2.75 bits per heavy atom. The number of hydrogen-bond donors (Lipinski definition) is 0.